The number of hydrogen-bond acceptors (Lipinski definition) is 4. The summed E-state index contributed by atoms with van der Waals surface area (Å²) in [5, 5.41) is 8.24. The Kier molecular flexibility index (Phi) is 3.04. The summed E-state index contributed by atoms with van der Waals surface area (Å²) in [6.07, 6.45) is 0. The van der Waals surface area contributed by atoms with Crippen molar-refractivity contribution in [2.75, 3.05) is 0 Å². The van der Waals surface area contributed by atoms with Crippen LogP contribution in [0.25, 0.3) is 11.5 Å². The molecular formula is C9H7BrClN3O. The van der Waals surface area contributed by atoms with Crippen molar-refractivity contribution >= 4 is 27.5 Å². The van der Waals surface area contributed by atoms with Gasteiger partial charge in [0.15, 0.2) is 0 Å². The molecule has 1 aromatic carbocycles. The van der Waals surface area contributed by atoms with Gasteiger partial charge < -0.3 is 10.2 Å². The molecule has 0 unspecified atom stereocenters. The second-order valence-corrected chi connectivity index (χ2v) is 4.22. The summed E-state index contributed by atoms with van der Waals surface area (Å²) < 4.78 is 6.16. The van der Waals surface area contributed by atoms with Crippen molar-refractivity contribution in [3.8, 4) is 11.5 Å². The first-order chi connectivity index (χ1) is 7.19. The van der Waals surface area contributed by atoms with E-state index in [-0.39, 0.29) is 6.54 Å². The lowest BCUT2D eigenvalue weighted by molar-refractivity contribution is 0.508. The van der Waals surface area contributed by atoms with E-state index in [4.69, 9.17) is 21.8 Å². The molecule has 4 nitrogen and oxygen atoms in total. The van der Waals surface area contributed by atoms with Gasteiger partial charge in [-0.05, 0) is 18.2 Å². The van der Waals surface area contributed by atoms with Gasteiger partial charge in [0, 0.05) is 15.1 Å². The van der Waals surface area contributed by atoms with Crippen LogP contribution in [0.15, 0.2) is 27.1 Å². The zero-order valence-electron chi connectivity index (χ0n) is 7.58. The summed E-state index contributed by atoms with van der Waals surface area (Å²) in [5.74, 6) is 0.819. The van der Waals surface area contributed by atoms with Gasteiger partial charge in [-0.3, -0.25) is 0 Å². The molecule has 0 amide bonds. The van der Waals surface area contributed by atoms with Gasteiger partial charge in [0.1, 0.15) is 0 Å². The highest BCUT2D eigenvalue weighted by Gasteiger charge is 2.08. The molecule has 6 heteroatoms. The molecule has 1 aromatic heterocycles. The number of nitrogens with two attached hydrogens (primary N) is 1. The number of benzene rings is 1. The Balaban J connectivity index is 2.44. The van der Waals surface area contributed by atoms with Crippen LogP contribution in [0, 0.1) is 0 Å². The Morgan fingerprint density at radius 3 is 2.73 bits per heavy atom. The predicted octanol–water partition coefficient (Wildman–Crippen LogP) is 2.61. The lowest BCUT2D eigenvalue weighted by Gasteiger charge is -1.97. The fourth-order valence-corrected chi connectivity index (χ4v) is 1.99. The lowest BCUT2D eigenvalue weighted by atomic mass is 10.2. The quantitative estimate of drug-likeness (QED) is 0.922. The predicted molar refractivity (Wildman–Crippen MR) is 60.3 cm³/mol. The highest BCUT2D eigenvalue weighted by molar-refractivity contribution is 9.10. The minimum Gasteiger partial charge on any atom is -0.419 e. The molecule has 0 aliphatic carbocycles. The molecule has 0 aliphatic heterocycles. The number of nitrogens with zero attached hydrogens (tertiary/aromatic N) is 2. The van der Waals surface area contributed by atoms with E-state index < -0.39 is 0 Å². The first kappa shape index (κ1) is 10.6. The van der Waals surface area contributed by atoms with Gasteiger partial charge in [-0.1, -0.05) is 27.5 Å². The van der Waals surface area contributed by atoms with E-state index in [9.17, 15) is 0 Å². The van der Waals surface area contributed by atoms with Gasteiger partial charge in [-0.2, -0.15) is 0 Å². The molecule has 0 radical (unpaired) electrons. The van der Waals surface area contributed by atoms with E-state index in [0.717, 1.165) is 10.0 Å². The number of halogens is 2. The second kappa shape index (κ2) is 4.30. The van der Waals surface area contributed by atoms with E-state index in [2.05, 4.69) is 26.1 Å². The first-order valence-corrected chi connectivity index (χ1v) is 5.35. The third kappa shape index (κ3) is 2.37. The molecule has 2 N–H and O–H groups in total. The van der Waals surface area contributed by atoms with E-state index in [1.165, 1.54) is 0 Å². The zero-order chi connectivity index (χ0) is 10.8. The average molecular weight is 289 g/mol. The van der Waals surface area contributed by atoms with Crippen LogP contribution in [0.1, 0.15) is 5.89 Å². The monoisotopic (exact) mass is 287 g/mol. The Bertz CT molecular complexity index is 466. The van der Waals surface area contributed by atoms with E-state index in [0.29, 0.717) is 16.8 Å². The van der Waals surface area contributed by atoms with Gasteiger partial charge in [0.2, 0.25) is 11.8 Å². The molecule has 1 heterocycles. The van der Waals surface area contributed by atoms with E-state index >= 15 is 0 Å². The van der Waals surface area contributed by atoms with Crippen molar-refractivity contribution in [1.82, 2.24) is 10.2 Å². The molecule has 0 fully saturated rings. The van der Waals surface area contributed by atoms with Crippen molar-refractivity contribution in [3.63, 3.8) is 0 Å². The Morgan fingerprint density at radius 2 is 2.13 bits per heavy atom. The molecule has 0 bridgehead atoms. The largest absolute Gasteiger partial charge is 0.419 e. The van der Waals surface area contributed by atoms with Crippen molar-refractivity contribution in [1.29, 1.82) is 0 Å². The van der Waals surface area contributed by atoms with Crippen molar-refractivity contribution in [2.24, 2.45) is 5.73 Å². The fraction of sp³-hybridized carbons (Fsp3) is 0.111. The normalized spacial score (nSPS) is 10.6. The molecule has 2 rings (SSSR count). The average Bonchev–Trinajstić information content (AvgIpc) is 2.64. The van der Waals surface area contributed by atoms with Crippen LogP contribution >= 0.6 is 27.5 Å². The summed E-state index contributed by atoms with van der Waals surface area (Å²) >= 11 is 9.23. The molecule has 0 spiro atoms. The minimum atomic E-state index is 0.231. The van der Waals surface area contributed by atoms with Crippen LogP contribution in [-0.2, 0) is 6.54 Å². The van der Waals surface area contributed by atoms with Crippen LogP contribution in [0.5, 0.6) is 0 Å². The Labute approximate surface area is 99.6 Å². The maximum absolute atomic E-state index is 5.90. The van der Waals surface area contributed by atoms with E-state index in [1.807, 2.05) is 6.07 Å². The van der Waals surface area contributed by atoms with Gasteiger partial charge in [-0.15, -0.1) is 10.2 Å². The summed E-state index contributed by atoms with van der Waals surface area (Å²) in [6, 6.07) is 5.38. The highest BCUT2D eigenvalue weighted by atomic mass is 79.9. The molecular weight excluding hydrogens is 281 g/mol. The summed E-state index contributed by atoms with van der Waals surface area (Å²) in [6.45, 7) is 0.231. The lowest BCUT2D eigenvalue weighted by Crippen LogP contribution is -1.95. The van der Waals surface area contributed by atoms with Crippen molar-refractivity contribution < 1.29 is 4.42 Å². The van der Waals surface area contributed by atoms with E-state index in [1.54, 1.807) is 12.1 Å². The smallest absolute Gasteiger partial charge is 0.247 e. The molecule has 78 valence electrons. The molecule has 15 heavy (non-hydrogen) atoms. The van der Waals surface area contributed by atoms with Crippen LogP contribution in [0.4, 0.5) is 0 Å². The standard InChI is InChI=1S/C9H7BrClN3O/c10-6-1-5(2-7(11)3-6)9-14-13-8(4-12)15-9/h1-3H,4,12H2. The Hall–Kier alpha value is -0.910. The van der Waals surface area contributed by atoms with Gasteiger partial charge >= 0.3 is 0 Å². The highest BCUT2D eigenvalue weighted by Crippen LogP contribution is 2.26. The zero-order valence-corrected chi connectivity index (χ0v) is 9.92. The molecule has 0 saturated heterocycles. The first-order valence-electron chi connectivity index (χ1n) is 4.18. The van der Waals surface area contributed by atoms with Crippen LogP contribution in [0.2, 0.25) is 5.02 Å². The number of rotatable bonds is 2. The molecule has 0 saturated carbocycles. The maximum Gasteiger partial charge on any atom is 0.247 e. The number of hydrogen-bond donors (Lipinski definition) is 1. The van der Waals surface area contributed by atoms with Crippen LogP contribution in [-0.4, -0.2) is 10.2 Å². The van der Waals surface area contributed by atoms with Crippen molar-refractivity contribution in [2.45, 2.75) is 6.54 Å². The van der Waals surface area contributed by atoms with Crippen LogP contribution < -0.4 is 5.73 Å². The summed E-state index contributed by atoms with van der Waals surface area (Å²) in [5.41, 5.74) is 6.13. The summed E-state index contributed by atoms with van der Waals surface area (Å²) in [4.78, 5) is 0. The number of aromatic nitrogens is 2. The van der Waals surface area contributed by atoms with Crippen molar-refractivity contribution in [3.05, 3.63) is 33.6 Å². The third-order valence-corrected chi connectivity index (χ3v) is 2.43. The molecule has 0 aliphatic rings. The fourth-order valence-electron chi connectivity index (χ4n) is 1.13. The molecule has 0 atom stereocenters. The molecule has 2 aromatic rings. The maximum atomic E-state index is 5.90. The summed E-state index contributed by atoms with van der Waals surface area (Å²) in [7, 11) is 0. The van der Waals surface area contributed by atoms with Gasteiger partial charge in [0.05, 0.1) is 6.54 Å². The van der Waals surface area contributed by atoms with Crippen LogP contribution in [0.3, 0.4) is 0 Å². The third-order valence-electron chi connectivity index (χ3n) is 1.75. The van der Waals surface area contributed by atoms with Gasteiger partial charge in [0.25, 0.3) is 0 Å². The topological polar surface area (TPSA) is 64.9 Å². The van der Waals surface area contributed by atoms with Gasteiger partial charge in [-0.25, -0.2) is 0 Å². The minimum absolute atomic E-state index is 0.231. The SMILES string of the molecule is NCc1nnc(-c2cc(Cl)cc(Br)c2)o1. The second-order valence-electron chi connectivity index (χ2n) is 2.86. The Morgan fingerprint density at radius 1 is 1.33 bits per heavy atom.